The van der Waals surface area contributed by atoms with Gasteiger partial charge in [-0.15, -0.1) is 0 Å². The van der Waals surface area contributed by atoms with Crippen LogP contribution in [0.2, 0.25) is 0 Å². The molecule has 1 aliphatic rings. The Kier molecular flexibility index (Phi) is 8.10. The molecule has 3 aromatic carbocycles. The van der Waals surface area contributed by atoms with Crippen LogP contribution in [0.5, 0.6) is 0 Å². The van der Waals surface area contributed by atoms with Crippen LogP contribution in [0.1, 0.15) is 38.0 Å². The molecule has 3 aromatic rings. The number of fused-ring (bicyclic) bond motifs is 1. The number of nitrogens with zero attached hydrogens (tertiary/aromatic N) is 1. The zero-order valence-corrected chi connectivity index (χ0v) is 20.7. The molecule has 198 valence electrons. The van der Waals surface area contributed by atoms with Crippen molar-refractivity contribution in [1.82, 2.24) is 4.90 Å². The quantitative estimate of drug-likeness (QED) is 0.318. The molecule has 0 saturated heterocycles. The number of ether oxygens (including phenoxy) is 2. The van der Waals surface area contributed by atoms with Crippen LogP contribution in [-0.4, -0.2) is 59.7 Å². The molecular weight excluding hydrogens is 506 g/mol. The van der Waals surface area contributed by atoms with Gasteiger partial charge in [-0.1, -0.05) is 36.4 Å². The summed E-state index contributed by atoms with van der Waals surface area (Å²) < 4.78 is 10.0. The standard InChI is InChI=1S/C28H23N3O8/c1-17(27(36)38-15-23(32)29-19-8-4-2-5-9-19)31-25(34)21-13-12-18(14-22(21)26(31)35)28(37)39-16-24(33)30-20-10-6-3-7-11-20/h2-14,17H,15-16H2,1H3,(H,29,32)(H,30,33). The van der Waals surface area contributed by atoms with Gasteiger partial charge in [-0.05, 0) is 49.4 Å². The second-order valence-electron chi connectivity index (χ2n) is 8.43. The van der Waals surface area contributed by atoms with Crippen LogP contribution in [-0.2, 0) is 23.9 Å². The number of benzene rings is 3. The first-order chi connectivity index (χ1) is 18.7. The lowest BCUT2D eigenvalue weighted by Gasteiger charge is -2.20. The van der Waals surface area contributed by atoms with E-state index in [1.165, 1.54) is 25.1 Å². The first kappa shape index (κ1) is 26.7. The van der Waals surface area contributed by atoms with E-state index in [4.69, 9.17) is 9.47 Å². The summed E-state index contributed by atoms with van der Waals surface area (Å²) in [5.41, 5.74) is 0.865. The zero-order valence-electron chi connectivity index (χ0n) is 20.7. The fourth-order valence-electron chi connectivity index (χ4n) is 3.75. The van der Waals surface area contributed by atoms with Gasteiger partial charge in [0.15, 0.2) is 13.2 Å². The number of nitrogens with one attached hydrogen (secondary N) is 2. The molecule has 39 heavy (non-hydrogen) atoms. The molecule has 11 nitrogen and oxygen atoms in total. The number of carbonyl (C=O) groups is 6. The zero-order chi connectivity index (χ0) is 27.9. The SMILES string of the molecule is CC(C(=O)OCC(=O)Nc1ccccc1)N1C(=O)c2ccc(C(=O)OCC(=O)Nc3ccccc3)cc2C1=O. The molecule has 0 saturated carbocycles. The summed E-state index contributed by atoms with van der Waals surface area (Å²) in [5.74, 6) is -4.56. The third-order valence-electron chi connectivity index (χ3n) is 5.68. The molecule has 0 spiro atoms. The van der Waals surface area contributed by atoms with E-state index in [2.05, 4.69) is 10.6 Å². The molecule has 4 amide bonds. The van der Waals surface area contributed by atoms with Crippen molar-refractivity contribution in [1.29, 1.82) is 0 Å². The van der Waals surface area contributed by atoms with E-state index in [1.54, 1.807) is 60.7 Å². The Labute approximate surface area is 222 Å². The molecule has 0 bridgehead atoms. The summed E-state index contributed by atoms with van der Waals surface area (Å²) >= 11 is 0. The number of rotatable bonds is 9. The Morgan fingerprint density at radius 1 is 0.718 bits per heavy atom. The molecule has 1 atom stereocenters. The molecule has 0 aliphatic carbocycles. The lowest BCUT2D eigenvalue weighted by Crippen LogP contribution is -2.44. The molecule has 4 rings (SSSR count). The van der Waals surface area contributed by atoms with Gasteiger partial charge in [-0.25, -0.2) is 9.59 Å². The second-order valence-corrected chi connectivity index (χ2v) is 8.43. The predicted octanol–water partition coefficient (Wildman–Crippen LogP) is 2.65. The van der Waals surface area contributed by atoms with E-state index in [-0.39, 0.29) is 16.7 Å². The normalized spacial score (nSPS) is 12.8. The lowest BCUT2D eigenvalue weighted by molar-refractivity contribution is -0.150. The average Bonchev–Trinajstić information content (AvgIpc) is 3.19. The Balaban J connectivity index is 1.34. The molecule has 2 N–H and O–H groups in total. The highest BCUT2D eigenvalue weighted by Crippen LogP contribution is 2.26. The summed E-state index contributed by atoms with van der Waals surface area (Å²) in [6.45, 7) is 0.110. The van der Waals surface area contributed by atoms with E-state index >= 15 is 0 Å². The molecule has 0 aromatic heterocycles. The van der Waals surface area contributed by atoms with Crippen molar-refractivity contribution in [2.75, 3.05) is 23.8 Å². The maximum atomic E-state index is 13.0. The summed E-state index contributed by atoms with van der Waals surface area (Å²) in [6.07, 6.45) is 0. The van der Waals surface area contributed by atoms with Crippen molar-refractivity contribution in [3.8, 4) is 0 Å². The molecule has 0 fully saturated rings. The van der Waals surface area contributed by atoms with Crippen molar-refractivity contribution < 1.29 is 38.2 Å². The van der Waals surface area contributed by atoms with E-state index in [9.17, 15) is 28.8 Å². The van der Waals surface area contributed by atoms with Crippen LogP contribution in [0.4, 0.5) is 11.4 Å². The fraction of sp³-hybridized carbons (Fsp3) is 0.143. The highest BCUT2D eigenvalue weighted by Gasteiger charge is 2.42. The minimum Gasteiger partial charge on any atom is -0.454 e. The average molecular weight is 530 g/mol. The topological polar surface area (TPSA) is 148 Å². The first-order valence-electron chi connectivity index (χ1n) is 11.8. The van der Waals surface area contributed by atoms with Gasteiger partial charge in [-0.3, -0.25) is 24.1 Å². The minimum absolute atomic E-state index is 0.0140. The predicted molar refractivity (Wildman–Crippen MR) is 138 cm³/mol. The third-order valence-corrected chi connectivity index (χ3v) is 5.68. The van der Waals surface area contributed by atoms with Crippen molar-refractivity contribution in [3.63, 3.8) is 0 Å². The van der Waals surface area contributed by atoms with E-state index < -0.39 is 54.8 Å². The maximum Gasteiger partial charge on any atom is 0.338 e. The lowest BCUT2D eigenvalue weighted by atomic mass is 10.1. The van der Waals surface area contributed by atoms with Gasteiger partial charge in [0.25, 0.3) is 23.6 Å². The molecule has 1 unspecified atom stereocenters. The maximum absolute atomic E-state index is 13.0. The molecule has 11 heteroatoms. The molecule has 1 aliphatic heterocycles. The van der Waals surface area contributed by atoms with Gasteiger partial charge < -0.3 is 20.1 Å². The number of para-hydroxylation sites is 2. The van der Waals surface area contributed by atoms with Crippen LogP contribution in [0.25, 0.3) is 0 Å². The highest BCUT2D eigenvalue weighted by molar-refractivity contribution is 6.23. The molecule has 0 radical (unpaired) electrons. The van der Waals surface area contributed by atoms with E-state index in [0.29, 0.717) is 16.3 Å². The minimum atomic E-state index is -1.33. The van der Waals surface area contributed by atoms with Gasteiger partial charge in [0, 0.05) is 11.4 Å². The summed E-state index contributed by atoms with van der Waals surface area (Å²) in [4.78, 5) is 75.6. The van der Waals surface area contributed by atoms with Gasteiger partial charge in [0.1, 0.15) is 6.04 Å². The Bertz CT molecular complexity index is 1440. The van der Waals surface area contributed by atoms with Gasteiger partial charge in [0.05, 0.1) is 16.7 Å². The Morgan fingerprint density at radius 2 is 1.23 bits per heavy atom. The van der Waals surface area contributed by atoms with Crippen LogP contribution in [0.3, 0.4) is 0 Å². The van der Waals surface area contributed by atoms with Gasteiger partial charge >= 0.3 is 11.9 Å². The van der Waals surface area contributed by atoms with Crippen molar-refractivity contribution in [3.05, 3.63) is 95.6 Å². The molecular formula is C28H23N3O8. The summed E-state index contributed by atoms with van der Waals surface area (Å²) in [7, 11) is 0. The summed E-state index contributed by atoms with van der Waals surface area (Å²) in [6, 6.07) is 19.5. The number of anilines is 2. The number of hydrogen-bond acceptors (Lipinski definition) is 8. The van der Waals surface area contributed by atoms with Crippen molar-refractivity contribution in [2.24, 2.45) is 0 Å². The monoisotopic (exact) mass is 529 g/mol. The largest absolute Gasteiger partial charge is 0.454 e. The number of hydrogen-bond donors (Lipinski definition) is 2. The van der Waals surface area contributed by atoms with Crippen LogP contribution < -0.4 is 10.6 Å². The number of carbonyl (C=O) groups excluding carboxylic acids is 6. The van der Waals surface area contributed by atoms with Crippen LogP contribution in [0, 0.1) is 0 Å². The van der Waals surface area contributed by atoms with Crippen LogP contribution in [0.15, 0.2) is 78.9 Å². The summed E-state index contributed by atoms with van der Waals surface area (Å²) in [5, 5.41) is 5.12. The smallest absolute Gasteiger partial charge is 0.338 e. The van der Waals surface area contributed by atoms with Crippen LogP contribution >= 0.6 is 0 Å². The number of amides is 4. The third kappa shape index (κ3) is 6.34. The molecule has 1 heterocycles. The van der Waals surface area contributed by atoms with Gasteiger partial charge in [0.2, 0.25) is 0 Å². The fourth-order valence-corrected chi connectivity index (χ4v) is 3.75. The number of imide groups is 1. The second kappa shape index (κ2) is 11.8. The Morgan fingerprint density at radius 3 is 1.79 bits per heavy atom. The van der Waals surface area contributed by atoms with Gasteiger partial charge in [-0.2, -0.15) is 0 Å². The van der Waals surface area contributed by atoms with Crippen molar-refractivity contribution >= 4 is 46.9 Å². The van der Waals surface area contributed by atoms with Crippen molar-refractivity contribution in [2.45, 2.75) is 13.0 Å². The number of esters is 2. The highest BCUT2D eigenvalue weighted by atomic mass is 16.5. The first-order valence-corrected chi connectivity index (χ1v) is 11.8. The Hall–Kier alpha value is -5.32. The van der Waals surface area contributed by atoms with E-state index in [0.717, 1.165) is 0 Å². The van der Waals surface area contributed by atoms with E-state index in [1.807, 2.05) is 0 Å².